The van der Waals surface area contributed by atoms with Crippen molar-refractivity contribution in [3.8, 4) is 11.4 Å². The summed E-state index contributed by atoms with van der Waals surface area (Å²) in [6.07, 6.45) is 4.26. The van der Waals surface area contributed by atoms with E-state index in [0.29, 0.717) is 22.8 Å². The summed E-state index contributed by atoms with van der Waals surface area (Å²) in [7, 11) is 0. The molecule has 0 bridgehead atoms. The number of rotatable bonds is 7. The maximum Gasteiger partial charge on any atom is 0.355 e. The number of carbonyl (C=O) groups excluding carboxylic acids is 1. The SMILES string of the molecule is CCOC(=O)C(CC)(Oc1ccccc1-n1cccc1)c1cccc(Cl)c1. The highest BCUT2D eigenvalue weighted by molar-refractivity contribution is 6.30. The maximum atomic E-state index is 13.0. The maximum absolute atomic E-state index is 13.0. The van der Waals surface area contributed by atoms with Gasteiger partial charge in [0.1, 0.15) is 5.75 Å². The lowest BCUT2D eigenvalue weighted by molar-refractivity contribution is -0.163. The number of hydrogen-bond donors (Lipinski definition) is 0. The van der Waals surface area contributed by atoms with Crippen molar-refractivity contribution < 1.29 is 14.3 Å². The standard InChI is InChI=1S/C22H22ClNO3/c1-3-22(21(25)26-4-2,17-10-9-11-18(23)16-17)27-20-13-6-5-12-19(20)24-14-7-8-15-24/h5-16H,3-4H2,1-2H3. The van der Waals surface area contributed by atoms with Gasteiger partial charge in [-0.25, -0.2) is 4.79 Å². The van der Waals surface area contributed by atoms with E-state index in [1.54, 1.807) is 19.1 Å². The molecular formula is C22H22ClNO3. The molecule has 3 aromatic rings. The first-order chi connectivity index (χ1) is 13.1. The molecule has 0 saturated heterocycles. The molecule has 0 aliphatic carbocycles. The van der Waals surface area contributed by atoms with E-state index < -0.39 is 11.6 Å². The van der Waals surface area contributed by atoms with E-state index in [0.717, 1.165) is 5.69 Å². The van der Waals surface area contributed by atoms with Crippen molar-refractivity contribution in [3.63, 3.8) is 0 Å². The fraction of sp³-hybridized carbons (Fsp3) is 0.227. The van der Waals surface area contributed by atoms with E-state index in [2.05, 4.69) is 0 Å². The first kappa shape index (κ1) is 19.1. The van der Waals surface area contributed by atoms with Crippen molar-refractivity contribution in [3.05, 3.63) is 83.6 Å². The van der Waals surface area contributed by atoms with Crippen molar-refractivity contribution >= 4 is 17.6 Å². The second kappa shape index (κ2) is 8.31. The van der Waals surface area contributed by atoms with Gasteiger partial charge >= 0.3 is 5.97 Å². The highest BCUT2D eigenvalue weighted by Gasteiger charge is 2.43. The third kappa shape index (κ3) is 3.86. The van der Waals surface area contributed by atoms with Gasteiger partial charge in [0, 0.05) is 23.0 Å². The van der Waals surface area contributed by atoms with Gasteiger partial charge < -0.3 is 14.0 Å². The van der Waals surface area contributed by atoms with E-state index >= 15 is 0 Å². The normalized spacial score (nSPS) is 13.0. The van der Waals surface area contributed by atoms with Crippen LogP contribution in [-0.2, 0) is 15.1 Å². The number of hydrogen-bond acceptors (Lipinski definition) is 3. The van der Waals surface area contributed by atoms with Gasteiger partial charge in [-0.2, -0.15) is 0 Å². The van der Waals surface area contributed by atoms with Gasteiger partial charge in [-0.3, -0.25) is 0 Å². The van der Waals surface area contributed by atoms with Crippen LogP contribution in [0.15, 0.2) is 73.1 Å². The molecule has 4 nitrogen and oxygen atoms in total. The van der Waals surface area contributed by atoms with Gasteiger partial charge in [0.2, 0.25) is 5.60 Å². The van der Waals surface area contributed by atoms with Crippen LogP contribution in [-0.4, -0.2) is 17.1 Å². The van der Waals surface area contributed by atoms with Gasteiger partial charge in [-0.15, -0.1) is 0 Å². The second-order valence-corrected chi connectivity index (χ2v) is 6.51. The molecule has 5 heteroatoms. The number of carbonyl (C=O) groups is 1. The van der Waals surface area contributed by atoms with Crippen LogP contribution in [0.25, 0.3) is 5.69 Å². The van der Waals surface area contributed by atoms with Crippen LogP contribution in [0.5, 0.6) is 5.75 Å². The molecule has 1 heterocycles. The third-order valence-corrected chi connectivity index (χ3v) is 4.66. The van der Waals surface area contributed by atoms with Crippen LogP contribution >= 0.6 is 11.6 Å². The first-order valence-corrected chi connectivity index (χ1v) is 9.33. The zero-order chi connectivity index (χ0) is 19.3. The smallest absolute Gasteiger partial charge is 0.355 e. The molecule has 2 aromatic carbocycles. The molecule has 0 aliphatic rings. The van der Waals surface area contributed by atoms with Crippen molar-refractivity contribution in [1.82, 2.24) is 4.57 Å². The minimum atomic E-state index is -1.29. The molecule has 0 fully saturated rings. The summed E-state index contributed by atoms with van der Waals surface area (Å²) >= 11 is 6.19. The monoisotopic (exact) mass is 383 g/mol. The predicted molar refractivity (Wildman–Crippen MR) is 106 cm³/mol. The van der Waals surface area contributed by atoms with Gasteiger partial charge in [-0.1, -0.05) is 42.8 Å². The number of para-hydroxylation sites is 2. The lowest BCUT2D eigenvalue weighted by Crippen LogP contribution is -2.43. The Morgan fingerprint density at radius 3 is 2.44 bits per heavy atom. The molecule has 0 amide bonds. The minimum absolute atomic E-state index is 0.268. The summed E-state index contributed by atoms with van der Waals surface area (Å²) in [5, 5.41) is 0.539. The number of ether oxygens (including phenoxy) is 2. The first-order valence-electron chi connectivity index (χ1n) is 8.95. The van der Waals surface area contributed by atoms with Crippen molar-refractivity contribution in [2.45, 2.75) is 25.9 Å². The number of aromatic nitrogens is 1. The number of nitrogens with zero attached hydrogens (tertiary/aromatic N) is 1. The zero-order valence-electron chi connectivity index (χ0n) is 15.4. The Morgan fingerprint density at radius 2 is 1.78 bits per heavy atom. The van der Waals surface area contributed by atoms with Gasteiger partial charge in [0.05, 0.1) is 12.3 Å². The predicted octanol–water partition coefficient (Wildman–Crippen LogP) is 5.38. The fourth-order valence-corrected chi connectivity index (χ4v) is 3.26. The second-order valence-electron chi connectivity index (χ2n) is 6.07. The van der Waals surface area contributed by atoms with Crippen LogP contribution in [0, 0.1) is 0 Å². The summed E-state index contributed by atoms with van der Waals surface area (Å²) in [5.41, 5.74) is 0.217. The molecule has 0 saturated carbocycles. The quantitative estimate of drug-likeness (QED) is 0.514. The van der Waals surface area contributed by atoms with Crippen molar-refractivity contribution in [1.29, 1.82) is 0 Å². The Kier molecular flexibility index (Phi) is 5.87. The summed E-state index contributed by atoms with van der Waals surface area (Å²) in [4.78, 5) is 13.0. The average Bonchev–Trinajstić information content (AvgIpc) is 3.21. The van der Waals surface area contributed by atoms with E-state index in [-0.39, 0.29) is 6.61 Å². The van der Waals surface area contributed by atoms with Gasteiger partial charge in [0.15, 0.2) is 0 Å². The van der Waals surface area contributed by atoms with Crippen LogP contribution in [0.3, 0.4) is 0 Å². The van der Waals surface area contributed by atoms with Gasteiger partial charge in [0.25, 0.3) is 0 Å². The summed E-state index contributed by atoms with van der Waals surface area (Å²) < 4.78 is 13.7. The molecule has 27 heavy (non-hydrogen) atoms. The number of benzene rings is 2. The van der Waals surface area contributed by atoms with Crippen molar-refractivity contribution in [2.75, 3.05) is 6.61 Å². The average molecular weight is 384 g/mol. The molecular weight excluding hydrogens is 362 g/mol. The zero-order valence-corrected chi connectivity index (χ0v) is 16.1. The third-order valence-electron chi connectivity index (χ3n) is 4.43. The van der Waals surface area contributed by atoms with Crippen LogP contribution < -0.4 is 4.74 Å². The van der Waals surface area contributed by atoms with Crippen LogP contribution in [0.1, 0.15) is 25.8 Å². The number of halogens is 1. The Labute approximate surface area is 164 Å². The van der Waals surface area contributed by atoms with E-state index in [4.69, 9.17) is 21.1 Å². The minimum Gasteiger partial charge on any atom is -0.469 e. The highest BCUT2D eigenvalue weighted by atomic mass is 35.5. The lowest BCUT2D eigenvalue weighted by atomic mass is 9.90. The Bertz CT molecular complexity index is 907. The number of esters is 1. The Morgan fingerprint density at radius 1 is 1.04 bits per heavy atom. The van der Waals surface area contributed by atoms with Crippen LogP contribution in [0.4, 0.5) is 0 Å². The molecule has 1 atom stereocenters. The van der Waals surface area contributed by atoms with E-state index in [9.17, 15) is 4.79 Å². The Balaban J connectivity index is 2.12. The fourth-order valence-electron chi connectivity index (χ4n) is 3.07. The van der Waals surface area contributed by atoms with E-state index in [1.807, 2.05) is 72.4 Å². The summed E-state index contributed by atoms with van der Waals surface area (Å²) in [6.45, 7) is 3.95. The molecule has 140 valence electrons. The summed E-state index contributed by atoms with van der Waals surface area (Å²) in [6, 6.07) is 18.6. The highest BCUT2D eigenvalue weighted by Crippen LogP contribution is 2.36. The molecule has 1 aromatic heterocycles. The Hall–Kier alpha value is -2.72. The molecule has 0 radical (unpaired) electrons. The topological polar surface area (TPSA) is 40.5 Å². The van der Waals surface area contributed by atoms with E-state index in [1.165, 1.54) is 0 Å². The molecule has 1 unspecified atom stereocenters. The molecule has 0 N–H and O–H groups in total. The molecule has 0 aliphatic heterocycles. The van der Waals surface area contributed by atoms with Gasteiger partial charge in [-0.05, 0) is 49.7 Å². The molecule has 0 spiro atoms. The lowest BCUT2D eigenvalue weighted by Gasteiger charge is -2.32. The summed E-state index contributed by atoms with van der Waals surface area (Å²) in [5.74, 6) is 0.153. The molecule has 3 rings (SSSR count). The van der Waals surface area contributed by atoms with Crippen molar-refractivity contribution in [2.24, 2.45) is 0 Å². The van der Waals surface area contributed by atoms with Crippen LogP contribution in [0.2, 0.25) is 5.02 Å². The largest absolute Gasteiger partial charge is 0.469 e.